The minimum atomic E-state index is -0.615. The lowest BCUT2D eigenvalue weighted by Gasteiger charge is -2.46. The zero-order valence-corrected chi connectivity index (χ0v) is 45.3. The van der Waals surface area contributed by atoms with E-state index in [1.165, 1.54) is 5.56 Å². The van der Waals surface area contributed by atoms with Gasteiger partial charge in [-0.1, -0.05) is 6.07 Å². The Balaban J connectivity index is 0.00000562. The van der Waals surface area contributed by atoms with Crippen LogP contribution in [0.25, 0.3) is 0 Å². The third-order valence-corrected chi connectivity index (χ3v) is 14.1. The van der Waals surface area contributed by atoms with Gasteiger partial charge in [0.1, 0.15) is 12.1 Å². The number of esters is 2. The van der Waals surface area contributed by atoms with Crippen LogP contribution in [0.3, 0.4) is 0 Å². The first-order valence-corrected chi connectivity index (χ1v) is 23.5. The lowest BCUT2D eigenvalue weighted by Crippen LogP contribution is -3.00. The maximum atomic E-state index is 12.9. The highest BCUT2D eigenvalue weighted by atomic mass is 35.5. The number of nitrogens with zero attached hydrogens (tertiary/aromatic N) is 2. The Morgan fingerprint density at radius 1 is 0.486 bits per heavy atom. The average molecular weight is 1040 g/mol. The van der Waals surface area contributed by atoms with Crippen LogP contribution in [-0.4, -0.2) is 145 Å². The second kappa shape index (κ2) is 26.7. The Labute approximate surface area is 437 Å². The van der Waals surface area contributed by atoms with Gasteiger partial charge in [-0.15, -0.1) is 0 Å². The Bertz CT molecular complexity index is 2480. The van der Waals surface area contributed by atoms with Gasteiger partial charge in [0, 0.05) is 56.2 Å². The molecule has 0 aromatic heterocycles. The summed E-state index contributed by atoms with van der Waals surface area (Å²) in [5, 5.41) is 0. The van der Waals surface area contributed by atoms with E-state index < -0.39 is 11.9 Å². The molecule has 2 aliphatic heterocycles. The lowest BCUT2D eigenvalue weighted by atomic mass is 9.85. The highest BCUT2D eigenvalue weighted by molar-refractivity contribution is 5.91. The molecule has 0 amide bonds. The third kappa shape index (κ3) is 13.0. The molecule has 72 heavy (non-hydrogen) atoms. The highest BCUT2D eigenvalue weighted by Crippen LogP contribution is 2.51. The molecule has 4 aromatic rings. The molecule has 0 aliphatic carbocycles. The Morgan fingerprint density at radius 2 is 0.917 bits per heavy atom. The molecule has 2 heterocycles. The number of rotatable bonds is 24. The SMILES string of the molecule is COc1ccc(CC2c3c(cc(OC)c(OC)c3OC)CC[N+]2(C)CCCOC(=O)/C=C/C(=O)OCCC[N+]2(C)CCc3cc(OC)c(OC)cc3C2Cc2cc(OC)c(OC)c(OC)c2)cc1OC.[Cl-].[Cl-]. The minimum absolute atomic E-state index is 0. The van der Waals surface area contributed by atoms with Gasteiger partial charge in [0.15, 0.2) is 46.0 Å². The summed E-state index contributed by atoms with van der Waals surface area (Å²) in [5.74, 6) is 4.92. The molecular formula is C54H72Cl2N2O14. The van der Waals surface area contributed by atoms with Crippen molar-refractivity contribution in [3.63, 3.8) is 0 Å². The fourth-order valence-corrected chi connectivity index (χ4v) is 10.3. The number of halogens is 2. The van der Waals surface area contributed by atoms with E-state index in [9.17, 15) is 9.59 Å². The number of hydrogen-bond donors (Lipinski definition) is 0. The number of hydrogen-bond acceptors (Lipinski definition) is 14. The molecule has 18 heteroatoms. The molecule has 4 aromatic carbocycles. The van der Waals surface area contributed by atoms with Gasteiger partial charge in [-0.25, -0.2) is 9.59 Å². The maximum absolute atomic E-state index is 12.9. The predicted octanol–water partition coefficient (Wildman–Crippen LogP) is 1.48. The monoisotopic (exact) mass is 1040 g/mol. The summed E-state index contributed by atoms with van der Waals surface area (Å²) >= 11 is 0. The fourth-order valence-electron chi connectivity index (χ4n) is 10.3. The van der Waals surface area contributed by atoms with Crippen molar-refractivity contribution in [2.24, 2.45) is 0 Å². The summed E-state index contributed by atoms with van der Waals surface area (Å²) in [6.07, 6.45) is 6.36. The molecule has 0 saturated heterocycles. The van der Waals surface area contributed by atoms with Gasteiger partial charge < -0.3 is 90.6 Å². The second-order valence-corrected chi connectivity index (χ2v) is 18.0. The zero-order chi connectivity index (χ0) is 50.6. The molecule has 0 radical (unpaired) electrons. The average Bonchev–Trinajstić information content (AvgIpc) is 3.38. The molecule has 0 bridgehead atoms. The van der Waals surface area contributed by atoms with Crippen LogP contribution in [0, 0.1) is 0 Å². The zero-order valence-electron chi connectivity index (χ0n) is 43.8. The first-order chi connectivity index (χ1) is 33.8. The van der Waals surface area contributed by atoms with E-state index in [2.05, 4.69) is 26.2 Å². The summed E-state index contributed by atoms with van der Waals surface area (Å²) in [5.41, 5.74) is 6.61. The van der Waals surface area contributed by atoms with Gasteiger partial charge in [-0.3, -0.25) is 0 Å². The van der Waals surface area contributed by atoms with Gasteiger partial charge >= 0.3 is 11.9 Å². The standard InChI is InChI=1S/C54H72N2O14.2ClH/c1-55(23-19-37-32-44(61-5)45(62-6)34-39(37)40(55)28-36-30-46(63-7)52(66-10)47(31-36)64-8)21-13-25-69-49(57)17-18-50(58)70-26-14-22-56(2)24-20-38-33-48(65-9)53(67-11)54(68-12)51(38)41(56)27-35-15-16-42(59-3)43(29-35)60-4;;/h15-18,29-34,40-41H,13-14,19-28H2,1-12H3;2*1H/q+2;;/p-2/b18-17+;;. The summed E-state index contributed by atoms with van der Waals surface area (Å²) < 4.78 is 69.8. The van der Waals surface area contributed by atoms with Crippen LogP contribution in [0.15, 0.2) is 60.7 Å². The normalized spacial score (nSPS) is 18.7. The van der Waals surface area contributed by atoms with E-state index >= 15 is 0 Å². The molecule has 0 saturated carbocycles. The highest BCUT2D eigenvalue weighted by Gasteiger charge is 2.43. The minimum Gasteiger partial charge on any atom is -1.00 e. The van der Waals surface area contributed by atoms with Gasteiger partial charge in [-0.05, 0) is 64.7 Å². The molecule has 0 spiro atoms. The van der Waals surface area contributed by atoms with Crippen molar-refractivity contribution in [1.29, 1.82) is 0 Å². The van der Waals surface area contributed by atoms with Crippen molar-refractivity contribution >= 4 is 11.9 Å². The van der Waals surface area contributed by atoms with Crippen LogP contribution in [-0.2, 0) is 44.7 Å². The van der Waals surface area contributed by atoms with Crippen LogP contribution < -0.4 is 72.2 Å². The van der Waals surface area contributed by atoms with Crippen molar-refractivity contribution < 1.29 is 100 Å². The van der Waals surface area contributed by atoms with E-state index in [1.807, 2.05) is 36.4 Å². The van der Waals surface area contributed by atoms with Gasteiger partial charge in [0.2, 0.25) is 11.5 Å². The van der Waals surface area contributed by atoms with E-state index in [0.717, 1.165) is 65.9 Å². The van der Waals surface area contributed by atoms with E-state index in [1.54, 1.807) is 71.1 Å². The number of quaternary nitrogens is 2. The van der Waals surface area contributed by atoms with Crippen molar-refractivity contribution in [3.05, 3.63) is 94.1 Å². The quantitative estimate of drug-likeness (QED) is 0.0433. The first-order valence-electron chi connectivity index (χ1n) is 23.5. The Kier molecular flexibility index (Phi) is 21.7. The molecule has 0 fully saturated rings. The second-order valence-electron chi connectivity index (χ2n) is 18.0. The fraction of sp³-hybridized carbons (Fsp3) is 0.481. The summed E-state index contributed by atoms with van der Waals surface area (Å²) in [6, 6.07) is 16.1. The molecule has 396 valence electrons. The molecule has 16 nitrogen and oxygen atoms in total. The Morgan fingerprint density at radius 3 is 1.43 bits per heavy atom. The molecule has 2 aliphatic rings. The number of likely N-dealkylation sites (N-methyl/N-ethyl adjacent to an activating group) is 2. The molecule has 4 unspecified atom stereocenters. The topological polar surface area (TPSA) is 145 Å². The molecule has 4 atom stereocenters. The van der Waals surface area contributed by atoms with Gasteiger partial charge in [-0.2, -0.15) is 0 Å². The summed E-state index contributed by atoms with van der Waals surface area (Å²) in [4.78, 5) is 25.8. The number of ether oxygens (including phenoxy) is 12. The molecule has 0 N–H and O–H groups in total. The first kappa shape index (κ1) is 58.6. The maximum Gasteiger partial charge on any atom is 0.331 e. The number of carbonyl (C=O) groups is 2. The largest absolute Gasteiger partial charge is 1.00 e. The van der Waals surface area contributed by atoms with Gasteiger partial charge in [0.25, 0.3) is 0 Å². The van der Waals surface area contributed by atoms with Crippen molar-refractivity contribution in [2.75, 3.05) is 125 Å². The number of methoxy groups -OCH3 is 10. The van der Waals surface area contributed by atoms with Crippen LogP contribution in [0.1, 0.15) is 58.3 Å². The van der Waals surface area contributed by atoms with E-state index in [0.29, 0.717) is 105 Å². The van der Waals surface area contributed by atoms with E-state index in [4.69, 9.17) is 56.8 Å². The Hall–Kier alpha value is -5.94. The van der Waals surface area contributed by atoms with Crippen molar-refractivity contribution in [3.8, 4) is 57.5 Å². The number of benzene rings is 4. The van der Waals surface area contributed by atoms with Crippen LogP contribution in [0.2, 0.25) is 0 Å². The number of fused-ring (bicyclic) bond motifs is 2. The van der Waals surface area contributed by atoms with Gasteiger partial charge in [0.05, 0.1) is 130 Å². The van der Waals surface area contributed by atoms with Crippen LogP contribution in [0.5, 0.6) is 57.5 Å². The van der Waals surface area contributed by atoms with Crippen molar-refractivity contribution in [2.45, 2.75) is 50.6 Å². The van der Waals surface area contributed by atoms with Crippen LogP contribution >= 0.6 is 0 Å². The molecule has 6 rings (SSSR count). The number of carbonyl (C=O) groups excluding carboxylic acids is 2. The summed E-state index contributed by atoms with van der Waals surface area (Å²) in [6.45, 7) is 3.43. The van der Waals surface area contributed by atoms with Crippen LogP contribution in [0.4, 0.5) is 0 Å². The van der Waals surface area contributed by atoms with Crippen molar-refractivity contribution in [1.82, 2.24) is 0 Å². The lowest BCUT2D eigenvalue weighted by molar-refractivity contribution is -0.941. The third-order valence-electron chi connectivity index (χ3n) is 14.1. The summed E-state index contributed by atoms with van der Waals surface area (Å²) in [7, 11) is 20.7. The van der Waals surface area contributed by atoms with E-state index in [-0.39, 0.29) is 50.1 Å². The smallest absolute Gasteiger partial charge is 0.331 e. The predicted molar refractivity (Wildman–Crippen MR) is 264 cm³/mol. The molecular weight excluding hydrogens is 971 g/mol.